The normalized spacial score (nSPS) is 10.9. The second kappa shape index (κ2) is 8.44. The van der Waals surface area contributed by atoms with Crippen molar-refractivity contribution in [3.63, 3.8) is 0 Å². The molecule has 4 aromatic carbocycles. The summed E-state index contributed by atoms with van der Waals surface area (Å²) in [6.45, 7) is 2.01. The number of halogens is 1. The number of nitrogens with zero attached hydrogens (tertiary/aromatic N) is 2. The molecular weight excluding hydrogens is 464 g/mol. The molecule has 5 heteroatoms. The Morgan fingerprint density at radius 2 is 1.56 bits per heavy atom. The van der Waals surface area contributed by atoms with Crippen molar-refractivity contribution in [3.05, 3.63) is 117 Å². The number of rotatable bonds is 4. The predicted molar refractivity (Wildman–Crippen MR) is 132 cm³/mol. The van der Waals surface area contributed by atoms with Crippen molar-refractivity contribution in [1.82, 2.24) is 9.55 Å². The van der Waals surface area contributed by atoms with E-state index in [9.17, 15) is 4.79 Å². The molecular formula is C27H19BrN2O2. The minimum atomic E-state index is -0.122. The van der Waals surface area contributed by atoms with Crippen LogP contribution in [0.25, 0.3) is 28.0 Å². The highest BCUT2D eigenvalue weighted by atomic mass is 79.9. The summed E-state index contributed by atoms with van der Waals surface area (Å²) < 4.78 is 8.51. The number of hydrogen-bond donors (Lipinski definition) is 0. The number of para-hydroxylation sites is 1. The zero-order valence-electron chi connectivity index (χ0n) is 17.3. The maximum Gasteiger partial charge on any atom is 0.266 e. The summed E-state index contributed by atoms with van der Waals surface area (Å²) in [6, 6.07) is 30.7. The largest absolute Gasteiger partial charge is 0.457 e. The van der Waals surface area contributed by atoms with Crippen LogP contribution in [0.5, 0.6) is 11.5 Å². The van der Waals surface area contributed by atoms with Crippen molar-refractivity contribution in [3.8, 4) is 28.6 Å². The maximum absolute atomic E-state index is 13.6. The Balaban J connectivity index is 1.65. The quantitative estimate of drug-likeness (QED) is 0.279. The minimum absolute atomic E-state index is 0.122. The lowest BCUT2D eigenvalue weighted by atomic mass is 10.1. The van der Waals surface area contributed by atoms with E-state index in [2.05, 4.69) is 15.9 Å². The standard InChI is InChI=1S/C27H19BrN2O2/c1-18-7-5-6-10-25(18)32-22-14-12-21(13-15-22)30-26(19-8-3-2-4-9-19)29-24-16-11-20(28)17-23(24)27(30)31/h2-17H,1H3. The molecule has 0 aliphatic carbocycles. The summed E-state index contributed by atoms with van der Waals surface area (Å²) in [5.74, 6) is 2.10. The fourth-order valence-corrected chi connectivity index (χ4v) is 4.00. The molecule has 1 heterocycles. The lowest BCUT2D eigenvalue weighted by Crippen LogP contribution is -2.22. The summed E-state index contributed by atoms with van der Waals surface area (Å²) in [6.07, 6.45) is 0. The zero-order valence-corrected chi connectivity index (χ0v) is 18.9. The Hall–Kier alpha value is -3.70. The van der Waals surface area contributed by atoms with E-state index in [1.165, 1.54) is 0 Å². The highest BCUT2D eigenvalue weighted by Gasteiger charge is 2.15. The molecule has 4 nitrogen and oxygen atoms in total. The van der Waals surface area contributed by atoms with E-state index in [0.717, 1.165) is 27.0 Å². The first-order valence-electron chi connectivity index (χ1n) is 10.2. The van der Waals surface area contributed by atoms with Crippen molar-refractivity contribution >= 4 is 26.8 Å². The molecule has 0 spiro atoms. The van der Waals surface area contributed by atoms with Crippen molar-refractivity contribution < 1.29 is 4.74 Å². The molecule has 1 aromatic heterocycles. The number of hydrogen-bond acceptors (Lipinski definition) is 3. The second-order valence-electron chi connectivity index (χ2n) is 7.46. The van der Waals surface area contributed by atoms with Crippen molar-refractivity contribution in [1.29, 1.82) is 0 Å². The van der Waals surface area contributed by atoms with Crippen LogP contribution in [0, 0.1) is 6.92 Å². The van der Waals surface area contributed by atoms with Crippen LogP contribution in [0.3, 0.4) is 0 Å². The third-order valence-corrected chi connectivity index (χ3v) is 5.77. The van der Waals surface area contributed by atoms with E-state index in [1.807, 2.05) is 104 Å². The third kappa shape index (κ3) is 3.83. The highest BCUT2D eigenvalue weighted by Crippen LogP contribution is 2.27. The van der Waals surface area contributed by atoms with Crippen LogP contribution in [0.4, 0.5) is 0 Å². The molecule has 32 heavy (non-hydrogen) atoms. The van der Waals surface area contributed by atoms with Gasteiger partial charge in [-0.3, -0.25) is 9.36 Å². The van der Waals surface area contributed by atoms with Crippen LogP contribution < -0.4 is 10.3 Å². The molecule has 0 aliphatic heterocycles. The highest BCUT2D eigenvalue weighted by molar-refractivity contribution is 9.10. The van der Waals surface area contributed by atoms with E-state index in [-0.39, 0.29) is 5.56 Å². The first-order chi connectivity index (χ1) is 15.6. The van der Waals surface area contributed by atoms with Gasteiger partial charge in [0.1, 0.15) is 17.3 Å². The first-order valence-corrected chi connectivity index (χ1v) is 11.0. The third-order valence-electron chi connectivity index (χ3n) is 5.28. The van der Waals surface area contributed by atoms with Crippen molar-refractivity contribution in [2.24, 2.45) is 0 Å². The van der Waals surface area contributed by atoms with E-state index >= 15 is 0 Å². The Bertz CT molecular complexity index is 1480. The van der Waals surface area contributed by atoms with Gasteiger partial charge in [0.2, 0.25) is 0 Å². The van der Waals surface area contributed by atoms with Gasteiger partial charge < -0.3 is 4.74 Å². The Labute approximate surface area is 193 Å². The fourth-order valence-electron chi connectivity index (χ4n) is 3.64. The lowest BCUT2D eigenvalue weighted by molar-refractivity contribution is 0.479. The molecule has 5 rings (SSSR count). The van der Waals surface area contributed by atoms with Crippen LogP contribution in [0.15, 0.2) is 106 Å². The monoisotopic (exact) mass is 482 g/mol. The molecule has 0 fully saturated rings. The molecule has 0 saturated carbocycles. The van der Waals surface area contributed by atoms with Crippen LogP contribution in [-0.4, -0.2) is 9.55 Å². The van der Waals surface area contributed by atoms with E-state index in [0.29, 0.717) is 22.5 Å². The summed E-state index contributed by atoms with van der Waals surface area (Å²) in [5, 5.41) is 0.555. The Kier molecular flexibility index (Phi) is 5.33. The number of aromatic nitrogens is 2. The molecule has 0 aliphatic rings. The lowest BCUT2D eigenvalue weighted by Gasteiger charge is -2.15. The number of fused-ring (bicyclic) bond motifs is 1. The molecule has 0 radical (unpaired) electrons. The minimum Gasteiger partial charge on any atom is -0.457 e. The van der Waals surface area contributed by atoms with Gasteiger partial charge in [-0.05, 0) is 61.0 Å². The molecule has 0 saturated heterocycles. The van der Waals surface area contributed by atoms with Crippen molar-refractivity contribution in [2.45, 2.75) is 6.92 Å². The molecule has 0 unspecified atom stereocenters. The average Bonchev–Trinajstić information content (AvgIpc) is 2.82. The number of aryl methyl sites for hydroxylation is 1. The Morgan fingerprint density at radius 3 is 2.31 bits per heavy atom. The topological polar surface area (TPSA) is 44.1 Å². The van der Waals surface area contributed by atoms with E-state index < -0.39 is 0 Å². The summed E-state index contributed by atoms with van der Waals surface area (Å²) in [4.78, 5) is 18.4. The summed E-state index contributed by atoms with van der Waals surface area (Å²) in [5.41, 5.74) is 3.19. The molecule has 156 valence electrons. The van der Waals surface area contributed by atoms with E-state index in [1.54, 1.807) is 4.57 Å². The van der Waals surface area contributed by atoms with Gasteiger partial charge >= 0.3 is 0 Å². The van der Waals surface area contributed by atoms with Crippen LogP contribution in [0.2, 0.25) is 0 Å². The van der Waals surface area contributed by atoms with Gasteiger partial charge in [-0.1, -0.05) is 64.5 Å². The molecule has 5 aromatic rings. The van der Waals surface area contributed by atoms with Gasteiger partial charge in [0.15, 0.2) is 0 Å². The predicted octanol–water partition coefficient (Wildman–Crippen LogP) is 6.92. The van der Waals surface area contributed by atoms with Gasteiger partial charge in [-0.25, -0.2) is 4.98 Å². The number of benzene rings is 4. The summed E-state index contributed by atoms with van der Waals surface area (Å²) in [7, 11) is 0. The SMILES string of the molecule is Cc1ccccc1Oc1ccc(-n2c(-c3ccccc3)nc3ccc(Br)cc3c2=O)cc1. The van der Waals surface area contributed by atoms with Crippen LogP contribution in [0.1, 0.15) is 5.56 Å². The molecule has 0 N–H and O–H groups in total. The summed E-state index contributed by atoms with van der Waals surface area (Å²) >= 11 is 3.47. The van der Waals surface area contributed by atoms with Gasteiger partial charge in [0, 0.05) is 10.0 Å². The van der Waals surface area contributed by atoms with Gasteiger partial charge in [0.05, 0.1) is 16.6 Å². The first kappa shape index (κ1) is 20.2. The van der Waals surface area contributed by atoms with Crippen molar-refractivity contribution in [2.75, 3.05) is 0 Å². The van der Waals surface area contributed by atoms with Gasteiger partial charge in [-0.2, -0.15) is 0 Å². The average molecular weight is 483 g/mol. The number of ether oxygens (including phenoxy) is 1. The molecule has 0 amide bonds. The molecule has 0 bridgehead atoms. The van der Waals surface area contributed by atoms with Crippen LogP contribution >= 0.6 is 15.9 Å². The maximum atomic E-state index is 13.6. The van der Waals surface area contributed by atoms with E-state index in [4.69, 9.17) is 9.72 Å². The van der Waals surface area contributed by atoms with Crippen LogP contribution in [-0.2, 0) is 0 Å². The fraction of sp³-hybridized carbons (Fsp3) is 0.0370. The van der Waals surface area contributed by atoms with Gasteiger partial charge in [-0.15, -0.1) is 0 Å². The Morgan fingerprint density at radius 1 is 0.844 bits per heavy atom. The molecule has 0 atom stereocenters. The van der Waals surface area contributed by atoms with Gasteiger partial charge in [0.25, 0.3) is 5.56 Å². The second-order valence-corrected chi connectivity index (χ2v) is 8.38. The zero-order chi connectivity index (χ0) is 22.1. The smallest absolute Gasteiger partial charge is 0.266 e.